The largest absolute Gasteiger partial charge is 0.519 e. The number of carboxylic acids is 2. The highest BCUT2D eigenvalue weighted by atomic mass is 35.5. The number of aliphatic hydroxyl groups excluding tert-OH is 1. The maximum Gasteiger partial charge on any atom is 0.519 e. The van der Waals surface area contributed by atoms with E-state index in [2.05, 4.69) is 101 Å². The number of carbonyl (C=O) groups is 7. The first-order chi connectivity index (χ1) is 64.7. The molecule has 0 saturated heterocycles. The second-order valence-electron chi connectivity index (χ2n) is 35.0. The van der Waals surface area contributed by atoms with Crippen LogP contribution in [0.3, 0.4) is 0 Å². The molecule has 136 heavy (non-hydrogen) atoms. The number of aliphatic hydroxyl groups is 2. The summed E-state index contributed by atoms with van der Waals surface area (Å²) in [4.78, 5) is 129. The molecule has 4 N–H and O–H groups in total. The molecule has 2 amide bonds. The number of para-hydroxylation sites is 4. The van der Waals surface area contributed by atoms with Gasteiger partial charge >= 0.3 is 35.9 Å². The van der Waals surface area contributed by atoms with E-state index in [1.54, 1.807) is 104 Å². The summed E-state index contributed by atoms with van der Waals surface area (Å²) >= 11 is 5.84. The molecule has 14 rings (SSSR count). The molecule has 2 aliphatic carbocycles. The van der Waals surface area contributed by atoms with Crippen molar-refractivity contribution < 1.29 is 91.2 Å². The predicted molar refractivity (Wildman–Crippen MR) is 520 cm³/mol. The lowest BCUT2D eigenvalue weighted by atomic mass is 9.98. The van der Waals surface area contributed by atoms with Crippen LogP contribution in [0.15, 0.2) is 91.4 Å². The zero-order chi connectivity index (χ0) is 100. The fourth-order valence-corrected chi connectivity index (χ4v) is 16.8. The molecule has 35 nitrogen and oxygen atoms in total. The third-order valence-corrected chi connectivity index (χ3v) is 24.2. The molecule has 7 aromatic heterocycles. The lowest BCUT2D eigenvalue weighted by molar-refractivity contribution is -0.151. The van der Waals surface area contributed by atoms with Crippen LogP contribution in [0.2, 0.25) is 5.15 Å². The average Bonchev–Trinajstić information content (AvgIpc) is 1.65. The minimum absolute atomic E-state index is 0.0472. The highest BCUT2D eigenvalue weighted by molar-refractivity contribution is 6.30. The van der Waals surface area contributed by atoms with E-state index in [1.807, 2.05) is 66.3 Å². The lowest BCUT2D eigenvalue weighted by Gasteiger charge is -2.27. The van der Waals surface area contributed by atoms with Crippen LogP contribution in [0.4, 0.5) is 4.79 Å². The van der Waals surface area contributed by atoms with E-state index in [0.717, 1.165) is 162 Å². The van der Waals surface area contributed by atoms with Crippen LogP contribution in [0.25, 0.3) is 55.5 Å². The molecule has 36 heteroatoms. The number of aliphatic imine (C=N–C) groups is 1. The number of hydrogen-bond acceptors (Lipinski definition) is 25. The van der Waals surface area contributed by atoms with Gasteiger partial charge in [0.1, 0.15) is 58.1 Å². The fraction of sp³-hybridized carbons (Fsp3) is 0.550. The number of unbranched alkanes of at least 4 members (excludes halogenated alkanes) is 4. The Hall–Kier alpha value is -12.2. The van der Waals surface area contributed by atoms with E-state index in [0.29, 0.717) is 82.4 Å². The number of amides is 2. The van der Waals surface area contributed by atoms with Gasteiger partial charge in [0, 0.05) is 101 Å². The van der Waals surface area contributed by atoms with Crippen LogP contribution in [0, 0.1) is 19.8 Å². The summed E-state index contributed by atoms with van der Waals surface area (Å²) in [6.07, 6.45) is 20.7. The Balaban J connectivity index is 0.000000198. The second-order valence-corrected chi connectivity index (χ2v) is 35.4. The Morgan fingerprint density at radius 1 is 0.610 bits per heavy atom. The molecule has 4 aromatic carbocycles. The molecule has 742 valence electrons. The quantitative estimate of drug-likeness (QED) is 0.0173. The van der Waals surface area contributed by atoms with Crippen LogP contribution >= 0.6 is 11.6 Å². The van der Waals surface area contributed by atoms with Crippen LogP contribution in [0.1, 0.15) is 289 Å². The number of amidine groups is 1. The number of imidazole rings is 6. The monoisotopic (exact) mass is 1910 g/mol. The molecule has 11 aromatic rings. The summed E-state index contributed by atoms with van der Waals surface area (Å²) < 4.78 is 52.4. The molecule has 1 aliphatic heterocycles. The Kier molecular flexibility index (Phi) is 41.0. The SMILES string of the molecule is CCCCC(=O)N(C)[C@H](C(=O)O)C(C)C.CCCCC1=NC2(CCCC2)C(=O)N1C.CCCCc1nc(Cl)c(CO)n1C.CCCCc1nc2c(C)cc(-c3nc4ccccc4n3C)cc2n1C.CCCc1nc(C(C)(C)O)c(C(=O)OCc2oc(=O)oc2C)n1C.CCOc1nc2cccc(C(=O)O)c2n1C.CCOc1nc2cccc(C(=O)OC(C)OC(=O)OC3CCCCC3)c2n1C. The van der Waals surface area contributed by atoms with Gasteiger partial charge in [-0.1, -0.05) is 129 Å². The van der Waals surface area contributed by atoms with Crippen molar-refractivity contribution in [2.75, 3.05) is 27.3 Å². The Labute approximate surface area is 800 Å². The van der Waals surface area contributed by atoms with Crippen LogP contribution in [-0.2, 0) is 114 Å². The number of aryl methyl sites for hydroxylation is 9. The summed E-state index contributed by atoms with van der Waals surface area (Å²) in [6, 6.07) is 23.0. The molecule has 0 bridgehead atoms. The number of esters is 2. The third-order valence-electron chi connectivity index (χ3n) is 23.9. The Bertz CT molecular complexity index is 5960. The molecule has 1 spiro atoms. The van der Waals surface area contributed by atoms with E-state index in [1.165, 1.54) is 41.6 Å². The van der Waals surface area contributed by atoms with Crippen molar-refractivity contribution in [1.82, 2.24) is 67.1 Å². The Morgan fingerprint density at radius 2 is 1.18 bits per heavy atom. The molecular weight excluding hydrogens is 1770 g/mol. The normalized spacial score (nSPS) is 13.8. The molecule has 8 heterocycles. The molecular formula is C100H140ClN15O20. The number of rotatable bonds is 32. The van der Waals surface area contributed by atoms with Crippen LogP contribution in [-0.4, -0.2) is 186 Å². The van der Waals surface area contributed by atoms with Crippen LogP contribution in [0.5, 0.6) is 12.0 Å². The topological polar surface area (TPSA) is 425 Å². The van der Waals surface area contributed by atoms with E-state index in [-0.39, 0.29) is 71.1 Å². The van der Waals surface area contributed by atoms with Gasteiger partial charge in [-0.25, -0.2) is 48.7 Å². The number of halogens is 1. The average molecular weight is 1910 g/mol. The molecule has 2 atom stereocenters. The Morgan fingerprint density at radius 3 is 1.71 bits per heavy atom. The summed E-state index contributed by atoms with van der Waals surface area (Å²) in [6.45, 7) is 26.8. The van der Waals surface area contributed by atoms with Gasteiger partial charge in [-0.3, -0.25) is 23.7 Å². The number of fused-ring (bicyclic) bond motifs is 4. The van der Waals surface area contributed by atoms with Gasteiger partial charge in [0.15, 0.2) is 29.0 Å². The van der Waals surface area contributed by atoms with Crippen molar-refractivity contribution in [3.63, 3.8) is 0 Å². The number of carbonyl (C=O) groups excluding carboxylic acids is 5. The van der Waals surface area contributed by atoms with Crippen molar-refractivity contribution in [2.24, 2.45) is 53.2 Å². The number of carboxylic acid groups (broad SMARTS) is 2. The number of aliphatic carboxylic acids is 1. The number of aromatic carboxylic acids is 1. The van der Waals surface area contributed by atoms with Gasteiger partial charge in [0.05, 0.1) is 80.8 Å². The number of benzene rings is 4. The van der Waals surface area contributed by atoms with Crippen molar-refractivity contribution in [3.8, 4) is 23.4 Å². The zero-order valence-corrected chi connectivity index (χ0v) is 84.0. The number of nitrogens with zero attached hydrogens (tertiary/aromatic N) is 15. The van der Waals surface area contributed by atoms with Crippen molar-refractivity contribution in [1.29, 1.82) is 0 Å². The van der Waals surface area contributed by atoms with E-state index >= 15 is 0 Å². The number of ether oxygens (including phenoxy) is 6. The van der Waals surface area contributed by atoms with Gasteiger partial charge in [-0.15, -0.1) is 0 Å². The number of hydrogen-bond donors (Lipinski definition) is 4. The van der Waals surface area contributed by atoms with E-state index in [4.69, 9.17) is 79.1 Å². The van der Waals surface area contributed by atoms with Gasteiger partial charge in [0.25, 0.3) is 17.9 Å². The van der Waals surface area contributed by atoms with Gasteiger partial charge in [-0.05, 0) is 172 Å². The second kappa shape index (κ2) is 51.1. The predicted octanol–water partition coefficient (Wildman–Crippen LogP) is 18.2. The van der Waals surface area contributed by atoms with E-state index in [9.17, 15) is 43.5 Å². The summed E-state index contributed by atoms with van der Waals surface area (Å²) in [5, 5.41) is 37.8. The highest BCUT2D eigenvalue weighted by Crippen LogP contribution is 2.40. The first kappa shape index (κ1) is 109. The lowest BCUT2D eigenvalue weighted by Crippen LogP contribution is -2.45. The van der Waals surface area contributed by atoms with Crippen molar-refractivity contribution >= 4 is 103 Å². The number of aromatic nitrogens is 12. The van der Waals surface area contributed by atoms with Crippen molar-refractivity contribution in [3.05, 3.63) is 151 Å². The minimum Gasteiger partial charge on any atom is -0.480 e. The first-order valence-corrected chi connectivity index (χ1v) is 47.6. The maximum atomic E-state index is 12.6. The maximum absolute atomic E-state index is 12.6. The van der Waals surface area contributed by atoms with Gasteiger partial charge < -0.3 is 85.7 Å². The smallest absolute Gasteiger partial charge is 0.480 e. The molecule has 3 aliphatic rings. The van der Waals surface area contributed by atoms with E-state index < -0.39 is 53.8 Å². The zero-order valence-electron chi connectivity index (χ0n) is 83.2. The van der Waals surface area contributed by atoms with Gasteiger partial charge in [-0.2, -0.15) is 9.97 Å². The van der Waals surface area contributed by atoms with Gasteiger partial charge in [0.2, 0.25) is 12.2 Å². The molecule has 0 radical (unpaired) electrons. The summed E-state index contributed by atoms with van der Waals surface area (Å²) in [5.41, 5.74) is 9.31. The molecule has 1 unspecified atom stereocenters. The standard InChI is InChI=1S/C21H24N4.C20H26N2O6.C16H22N2O6.C12H20N2O.C11H12N2O3.C11H21NO3.C9H15ClN2O/c1-5-6-11-19-23-20-14(2)12-15(13-18(20)24(19)3)21-22-16-9-7-8-10-17(16)25(21)4;1-4-25-19-21-16-12-8-11-15(17(16)22(19)3)18(23)26-13(2)27-20(24)28-14-9-6-5-7-10-14;1-6-7-11-17-13(16(3,4)21)12(18(11)5)14(19)22-8-10-9(2)23-15(20)24-10;1-3-4-7-10-13-12(8-5-6-9-12)11(15)14(10)2;1-3-16-11-12-8-6-4-5-7(10(14)15)9(8)13(11)2;1-5-6-7-9(13)12(4)10(8(2)3)11(14)15;1-3-4-5-8-11-9(10)7(6-13)12(8)2/h7-10,12-13H,5-6,11H2,1-4H3;8,11-14H,4-7,9-10H2,1-3H3;21H,6-8H2,1-5H3;3-9H2,1-2H3;4-6H,3H2,1-2H3,(H,14,15);8,10H,5-7H2,1-4H3,(H,14,15);13H,3-6H2,1-2H3/t;;;;;10-;/m.....0./s1. The number of likely N-dealkylation sites (N-methyl/N-ethyl adjacent to an activating group) is 2. The third kappa shape index (κ3) is 27.8. The minimum atomic E-state index is -1.30. The van der Waals surface area contributed by atoms with Crippen LogP contribution < -0.4 is 15.3 Å². The molecule has 2 saturated carbocycles. The van der Waals surface area contributed by atoms with Crippen molar-refractivity contribution in [2.45, 2.75) is 287 Å². The summed E-state index contributed by atoms with van der Waals surface area (Å²) in [7, 11) is 14.7. The summed E-state index contributed by atoms with van der Waals surface area (Å²) in [5.74, 6) is 1.30. The highest BCUT2D eigenvalue weighted by Gasteiger charge is 2.48. The molecule has 2 fully saturated rings. The fourth-order valence-electron chi connectivity index (χ4n) is 16.5. The first-order valence-electron chi connectivity index (χ1n) is 47.3.